The molecule has 0 radical (unpaired) electrons. The van der Waals surface area contributed by atoms with Crippen LogP contribution in [0, 0.1) is 0 Å². The number of nitrogens with zero attached hydrogens (tertiary/aromatic N) is 1. The number of carbonyl (C=O) groups excluding carboxylic acids is 1. The van der Waals surface area contributed by atoms with Gasteiger partial charge in [0.1, 0.15) is 23.9 Å². The van der Waals surface area contributed by atoms with E-state index in [0.717, 1.165) is 16.9 Å². The fraction of sp³-hybridized carbons (Fsp3) is 0.0909. The number of methoxy groups -OCH3 is 1. The van der Waals surface area contributed by atoms with Gasteiger partial charge in [0, 0.05) is 18.5 Å². The topological polar surface area (TPSA) is 57.6 Å². The summed E-state index contributed by atoms with van der Waals surface area (Å²) in [5.74, 6) is 2.08. The lowest BCUT2D eigenvalue weighted by atomic mass is 10.1. The zero-order valence-electron chi connectivity index (χ0n) is 14.7. The maximum Gasteiger partial charge on any atom is 0.231 e. The number of ether oxygens (including phenoxy) is 3. The number of hydrogen-bond acceptors (Lipinski definition) is 5. The maximum absolute atomic E-state index is 12.5. The molecule has 0 amide bonds. The summed E-state index contributed by atoms with van der Waals surface area (Å²) in [5, 5.41) is 0. The van der Waals surface area contributed by atoms with E-state index in [0.29, 0.717) is 23.7 Å². The molecular formula is C22H17NO4. The summed E-state index contributed by atoms with van der Waals surface area (Å²) in [6, 6.07) is 16.6. The summed E-state index contributed by atoms with van der Waals surface area (Å²) in [6.45, 7) is 0.412. The van der Waals surface area contributed by atoms with Crippen LogP contribution in [0.15, 0.2) is 72.8 Å². The largest absolute Gasteiger partial charge is 0.497 e. The Morgan fingerprint density at radius 1 is 1.07 bits per heavy atom. The minimum Gasteiger partial charge on any atom is -0.497 e. The summed E-state index contributed by atoms with van der Waals surface area (Å²) in [5.41, 5.74) is 2.36. The van der Waals surface area contributed by atoms with Crippen LogP contribution in [0.25, 0.3) is 6.08 Å². The summed E-state index contributed by atoms with van der Waals surface area (Å²) >= 11 is 0. The molecular weight excluding hydrogens is 342 g/mol. The van der Waals surface area contributed by atoms with Gasteiger partial charge < -0.3 is 14.2 Å². The fourth-order valence-corrected chi connectivity index (χ4v) is 2.76. The van der Waals surface area contributed by atoms with Crippen molar-refractivity contribution in [1.82, 2.24) is 4.98 Å². The Labute approximate surface area is 156 Å². The van der Waals surface area contributed by atoms with Gasteiger partial charge in [0.15, 0.2) is 5.76 Å². The molecule has 4 rings (SSSR count). The smallest absolute Gasteiger partial charge is 0.231 e. The van der Waals surface area contributed by atoms with Crippen molar-refractivity contribution in [3.8, 4) is 17.2 Å². The Morgan fingerprint density at radius 2 is 1.89 bits per heavy atom. The number of aromatic nitrogens is 1. The van der Waals surface area contributed by atoms with Gasteiger partial charge in [-0.1, -0.05) is 18.2 Å². The highest BCUT2D eigenvalue weighted by Gasteiger charge is 2.27. The van der Waals surface area contributed by atoms with Crippen molar-refractivity contribution < 1.29 is 19.0 Å². The van der Waals surface area contributed by atoms with Gasteiger partial charge in [0.05, 0.1) is 12.7 Å². The van der Waals surface area contributed by atoms with E-state index in [1.54, 1.807) is 43.8 Å². The summed E-state index contributed by atoms with van der Waals surface area (Å²) in [4.78, 5) is 16.5. The SMILES string of the molecule is COc1ccc(COc2ccc3c(c2)O/C(=C\c2cccnc2)C3=O)cc1. The maximum atomic E-state index is 12.5. The zero-order chi connectivity index (χ0) is 18.6. The van der Waals surface area contributed by atoms with Gasteiger partial charge in [-0.15, -0.1) is 0 Å². The predicted molar refractivity (Wildman–Crippen MR) is 101 cm³/mol. The van der Waals surface area contributed by atoms with E-state index in [1.165, 1.54) is 0 Å². The number of benzene rings is 2. The van der Waals surface area contributed by atoms with Gasteiger partial charge in [0.2, 0.25) is 5.78 Å². The Bertz CT molecular complexity index is 995. The fourth-order valence-electron chi connectivity index (χ4n) is 2.76. The van der Waals surface area contributed by atoms with Crippen LogP contribution in [-0.4, -0.2) is 17.9 Å². The van der Waals surface area contributed by atoms with Crippen molar-refractivity contribution in [2.45, 2.75) is 6.61 Å². The van der Waals surface area contributed by atoms with Gasteiger partial charge in [-0.05, 0) is 47.5 Å². The first kappa shape index (κ1) is 16.8. The number of allylic oxidation sites excluding steroid dienone is 1. The number of pyridine rings is 1. The van der Waals surface area contributed by atoms with Crippen molar-refractivity contribution in [2.75, 3.05) is 7.11 Å². The van der Waals surface area contributed by atoms with Crippen molar-refractivity contribution in [1.29, 1.82) is 0 Å². The molecule has 0 spiro atoms. The molecule has 0 saturated heterocycles. The van der Waals surface area contributed by atoms with Crippen LogP contribution in [0.1, 0.15) is 21.5 Å². The van der Waals surface area contributed by atoms with Crippen LogP contribution in [-0.2, 0) is 6.61 Å². The van der Waals surface area contributed by atoms with E-state index in [9.17, 15) is 4.79 Å². The highest BCUT2D eigenvalue weighted by Crippen LogP contribution is 2.35. The molecule has 1 aliphatic heterocycles. The third kappa shape index (κ3) is 3.67. The molecule has 5 heteroatoms. The quantitative estimate of drug-likeness (QED) is 0.636. The molecule has 1 aromatic heterocycles. The second-order valence-corrected chi connectivity index (χ2v) is 6.02. The molecule has 0 bridgehead atoms. The van der Waals surface area contributed by atoms with Crippen LogP contribution < -0.4 is 14.2 Å². The molecule has 134 valence electrons. The molecule has 0 unspecified atom stereocenters. The number of hydrogen-bond donors (Lipinski definition) is 0. The number of rotatable bonds is 5. The molecule has 5 nitrogen and oxygen atoms in total. The molecule has 0 atom stereocenters. The molecule has 27 heavy (non-hydrogen) atoms. The summed E-state index contributed by atoms with van der Waals surface area (Å²) in [7, 11) is 1.63. The minimum absolute atomic E-state index is 0.143. The predicted octanol–water partition coefficient (Wildman–Crippen LogP) is 4.29. The van der Waals surface area contributed by atoms with Crippen molar-refractivity contribution in [2.24, 2.45) is 0 Å². The molecule has 2 heterocycles. The highest BCUT2D eigenvalue weighted by atomic mass is 16.5. The zero-order valence-corrected chi connectivity index (χ0v) is 14.7. The number of fused-ring (bicyclic) bond motifs is 1. The highest BCUT2D eigenvalue weighted by molar-refractivity contribution is 6.14. The first-order chi connectivity index (χ1) is 13.2. The Kier molecular flexibility index (Phi) is 4.58. The molecule has 0 aliphatic carbocycles. The van der Waals surface area contributed by atoms with Crippen LogP contribution >= 0.6 is 0 Å². The summed E-state index contributed by atoms with van der Waals surface area (Å²) < 4.78 is 16.7. The average molecular weight is 359 g/mol. The Balaban J connectivity index is 1.48. The van der Waals surface area contributed by atoms with E-state index in [1.807, 2.05) is 36.4 Å². The van der Waals surface area contributed by atoms with E-state index in [4.69, 9.17) is 14.2 Å². The van der Waals surface area contributed by atoms with Crippen molar-refractivity contribution in [3.63, 3.8) is 0 Å². The van der Waals surface area contributed by atoms with Gasteiger partial charge in [0.25, 0.3) is 0 Å². The minimum atomic E-state index is -0.143. The van der Waals surface area contributed by atoms with Gasteiger partial charge >= 0.3 is 0 Å². The lowest BCUT2D eigenvalue weighted by Gasteiger charge is -2.08. The van der Waals surface area contributed by atoms with Crippen LogP contribution in [0.2, 0.25) is 0 Å². The average Bonchev–Trinajstić information content (AvgIpc) is 3.02. The molecule has 2 aromatic carbocycles. The number of ketones is 1. The van der Waals surface area contributed by atoms with E-state index in [-0.39, 0.29) is 11.5 Å². The van der Waals surface area contributed by atoms with Crippen molar-refractivity contribution >= 4 is 11.9 Å². The number of Topliss-reactive ketones (excluding diaryl/α,β-unsaturated/α-hetero) is 1. The standard InChI is InChI=1S/C22H17NO4/c1-25-17-6-4-15(5-7-17)14-26-18-8-9-19-20(12-18)27-21(22(19)24)11-16-3-2-10-23-13-16/h2-13H,14H2,1H3/b21-11-. The lowest BCUT2D eigenvalue weighted by Crippen LogP contribution is -1.98. The third-order valence-electron chi connectivity index (χ3n) is 4.19. The third-order valence-corrected chi connectivity index (χ3v) is 4.19. The van der Waals surface area contributed by atoms with E-state index >= 15 is 0 Å². The lowest BCUT2D eigenvalue weighted by molar-refractivity contribution is 0.101. The van der Waals surface area contributed by atoms with E-state index in [2.05, 4.69) is 4.98 Å². The molecule has 1 aliphatic rings. The molecule has 0 saturated carbocycles. The van der Waals surface area contributed by atoms with Gasteiger partial charge in [-0.2, -0.15) is 0 Å². The normalized spacial score (nSPS) is 14.0. The first-order valence-electron chi connectivity index (χ1n) is 8.47. The van der Waals surface area contributed by atoms with Gasteiger partial charge in [-0.3, -0.25) is 9.78 Å². The monoisotopic (exact) mass is 359 g/mol. The Hall–Kier alpha value is -3.60. The Morgan fingerprint density at radius 3 is 2.63 bits per heavy atom. The van der Waals surface area contributed by atoms with E-state index < -0.39 is 0 Å². The van der Waals surface area contributed by atoms with Gasteiger partial charge in [-0.25, -0.2) is 0 Å². The second kappa shape index (κ2) is 7.33. The second-order valence-electron chi connectivity index (χ2n) is 6.02. The molecule has 0 N–H and O–H groups in total. The first-order valence-corrected chi connectivity index (χ1v) is 8.47. The van der Waals surface area contributed by atoms with Crippen molar-refractivity contribution in [3.05, 3.63) is 89.4 Å². The summed E-state index contributed by atoms with van der Waals surface area (Å²) in [6.07, 6.45) is 5.05. The molecule has 3 aromatic rings. The number of carbonyl (C=O) groups is 1. The molecule has 0 fully saturated rings. The van der Waals surface area contributed by atoms with Crippen LogP contribution in [0.4, 0.5) is 0 Å². The van der Waals surface area contributed by atoms with Crippen LogP contribution in [0.5, 0.6) is 17.2 Å². The van der Waals surface area contributed by atoms with Crippen LogP contribution in [0.3, 0.4) is 0 Å².